The molecule has 2 unspecified atom stereocenters. The molecule has 0 heterocycles. The van der Waals surface area contributed by atoms with Gasteiger partial charge >= 0.3 is 11.9 Å². The van der Waals surface area contributed by atoms with Crippen LogP contribution in [-0.4, -0.2) is 70.0 Å². The predicted octanol–water partition coefficient (Wildman–Crippen LogP) is 19.1. The van der Waals surface area contributed by atoms with Crippen LogP contribution in [0.4, 0.5) is 0 Å². The summed E-state index contributed by atoms with van der Waals surface area (Å²) in [5.41, 5.74) is 0. The third kappa shape index (κ3) is 61.4. The molecule has 0 aliphatic carbocycles. The van der Waals surface area contributed by atoms with Crippen molar-refractivity contribution in [3.8, 4) is 0 Å². The highest BCUT2D eigenvalue weighted by molar-refractivity contribution is 7.45. The first-order valence-electron chi connectivity index (χ1n) is 30.9. The van der Waals surface area contributed by atoms with Crippen LogP contribution < -0.4 is 4.89 Å². The lowest BCUT2D eigenvalue weighted by Crippen LogP contribution is -2.37. The average molecular weight is 1100 g/mol. The highest BCUT2D eigenvalue weighted by atomic mass is 31.2. The summed E-state index contributed by atoms with van der Waals surface area (Å²) in [6.45, 7) is 3.91. The summed E-state index contributed by atoms with van der Waals surface area (Å²) in [7, 11) is 1.12. The number of hydrogen-bond donors (Lipinski definition) is 0. The molecule has 444 valence electrons. The molecule has 0 aromatic carbocycles. The quantitative estimate of drug-likeness (QED) is 0.0195. The first-order valence-corrected chi connectivity index (χ1v) is 32.4. The van der Waals surface area contributed by atoms with Crippen molar-refractivity contribution in [1.82, 2.24) is 0 Å². The van der Waals surface area contributed by atoms with Crippen LogP contribution in [0.5, 0.6) is 0 Å². The molecule has 0 radical (unpaired) electrons. The van der Waals surface area contributed by atoms with E-state index in [4.69, 9.17) is 18.5 Å². The van der Waals surface area contributed by atoms with Gasteiger partial charge in [0.05, 0.1) is 27.7 Å². The minimum Gasteiger partial charge on any atom is -0.756 e. The number of phosphoric acid groups is 1. The van der Waals surface area contributed by atoms with Gasteiger partial charge in [-0.1, -0.05) is 257 Å². The van der Waals surface area contributed by atoms with E-state index in [1.54, 1.807) is 0 Å². The van der Waals surface area contributed by atoms with Crippen LogP contribution in [0.3, 0.4) is 0 Å². The van der Waals surface area contributed by atoms with E-state index in [0.29, 0.717) is 23.9 Å². The number of esters is 2. The molecule has 10 heteroatoms. The lowest BCUT2D eigenvalue weighted by atomic mass is 10.0. The first kappa shape index (κ1) is 74.2. The summed E-state index contributed by atoms with van der Waals surface area (Å²) in [4.78, 5) is 37.7. The van der Waals surface area contributed by atoms with E-state index in [2.05, 4.69) is 135 Å². The van der Waals surface area contributed by atoms with Crippen molar-refractivity contribution in [2.45, 2.75) is 238 Å². The van der Waals surface area contributed by atoms with Crippen molar-refractivity contribution in [2.24, 2.45) is 0 Å². The zero-order valence-corrected chi connectivity index (χ0v) is 51.2. The van der Waals surface area contributed by atoms with Crippen LogP contribution in [0.25, 0.3) is 0 Å². The van der Waals surface area contributed by atoms with E-state index >= 15 is 0 Å². The second-order valence-corrected chi connectivity index (χ2v) is 22.7. The minimum absolute atomic E-state index is 0.0457. The average Bonchev–Trinajstić information content (AvgIpc) is 3.40. The van der Waals surface area contributed by atoms with E-state index < -0.39 is 32.5 Å². The van der Waals surface area contributed by atoms with Crippen molar-refractivity contribution in [3.05, 3.63) is 134 Å². The summed E-state index contributed by atoms with van der Waals surface area (Å²) >= 11 is 0. The molecule has 0 aromatic rings. The lowest BCUT2D eigenvalue weighted by molar-refractivity contribution is -0.870. The molecule has 0 N–H and O–H groups in total. The number of likely N-dealkylation sites (N-methyl/N-ethyl adjacent to an activating group) is 1. The molecular formula is C68H114NO8P. The molecule has 0 aliphatic heterocycles. The van der Waals surface area contributed by atoms with Gasteiger partial charge < -0.3 is 27.9 Å². The lowest BCUT2D eigenvalue weighted by Gasteiger charge is -2.28. The summed E-state index contributed by atoms with van der Waals surface area (Å²) in [5, 5.41) is 0. The highest BCUT2D eigenvalue weighted by Crippen LogP contribution is 2.38. The number of carbonyl (C=O) groups is 2. The number of carbonyl (C=O) groups excluding carboxylic acids is 2. The van der Waals surface area contributed by atoms with Gasteiger partial charge in [-0.2, -0.15) is 0 Å². The number of quaternary nitrogens is 1. The first-order chi connectivity index (χ1) is 38.0. The van der Waals surface area contributed by atoms with Gasteiger partial charge in [0, 0.05) is 12.8 Å². The molecule has 0 aliphatic rings. The fraction of sp³-hybridized carbons (Fsp3) is 0.647. The Morgan fingerprint density at radius 3 is 1.08 bits per heavy atom. The molecule has 0 amide bonds. The van der Waals surface area contributed by atoms with Gasteiger partial charge in [-0.25, -0.2) is 0 Å². The van der Waals surface area contributed by atoms with Crippen molar-refractivity contribution in [1.29, 1.82) is 0 Å². The van der Waals surface area contributed by atoms with E-state index in [0.717, 1.165) is 89.9 Å². The fourth-order valence-electron chi connectivity index (χ4n) is 8.00. The number of allylic oxidation sites excluding steroid dienone is 22. The third-order valence-corrected chi connectivity index (χ3v) is 13.6. The van der Waals surface area contributed by atoms with Gasteiger partial charge in [-0.05, 0) is 96.3 Å². The largest absolute Gasteiger partial charge is 0.756 e. The molecule has 2 atom stereocenters. The van der Waals surface area contributed by atoms with Crippen molar-refractivity contribution in [3.63, 3.8) is 0 Å². The topological polar surface area (TPSA) is 111 Å². The van der Waals surface area contributed by atoms with Crippen molar-refractivity contribution >= 4 is 19.8 Å². The standard InChI is InChI=1S/C68H114NO8P/c1-6-8-10-12-14-16-18-20-21-22-23-24-25-26-27-28-29-30-31-32-33-34-35-36-37-38-39-40-41-42-43-44-45-46-47-49-51-53-55-57-59-61-68(71)77-66(65-76-78(72,73)75-63-62-69(3,4)5)64-74-67(70)60-58-56-54-52-50-48-19-17-15-13-11-9-7-2/h8-11,14-17,20-21,23-24,26-27,29-30,32-33,48,50,54,56,66H,6-7,12-13,18-19,22,25,28,31,34-47,49,51-53,55,57-65H2,1-5H3/b10-8-,11-9-,16-14-,17-15-,21-20-,24-23-,27-26-,30-29-,33-32-,50-48-,56-54-. The molecule has 78 heavy (non-hydrogen) atoms. The number of phosphoric ester groups is 1. The van der Waals surface area contributed by atoms with Crippen LogP contribution in [0.1, 0.15) is 232 Å². The van der Waals surface area contributed by atoms with E-state index in [1.165, 1.54) is 103 Å². The van der Waals surface area contributed by atoms with Crippen LogP contribution in [-0.2, 0) is 32.7 Å². The van der Waals surface area contributed by atoms with Crippen LogP contribution in [0.2, 0.25) is 0 Å². The van der Waals surface area contributed by atoms with Crippen molar-refractivity contribution < 1.29 is 42.1 Å². The second-order valence-electron chi connectivity index (χ2n) is 21.3. The normalized spacial score (nSPS) is 14.2. The maximum Gasteiger partial charge on any atom is 0.306 e. The Morgan fingerprint density at radius 1 is 0.397 bits per heavy atom. The number of rotatable bonds is 55. The SMILES string of the molecule is CC/C=C\C/C=C\C/C=C\C/C=C\C/C=C\C/C=C\C/C=C\CCCCCCCCCCCCCCCCCCCCCC(=O)OC(COC(=O)CC/C=C\C/C=C\C/C=C\C/C=C\CC)COP(=O)([O-])OCC[N+](C)(C)C. The molecular weight excluding hydrogens is 990 g/mol. The molecule has 0 saturated heterocycles. The Hall–Kier alpha value is -3.85. The van der Waals surface area contributed by atoms with Gasteiger partial charge in [0.2, 0.25) is 0 Å². The molecule has 0 rings (SSSR count). The minimum atomic E-state index is -4.65. The Morgan fingerprint density at radius 2 is 0.718 bits per heavy atom. The van der Waals surface area contributed by atoms with Gasteiger partial charge in [0.25, 0.3) is 7.82 Å². The Labute approximate surface area is 479 Å². The van der Waals surface area contributed by atoms with Crippen molar-refractivity contribution in [2.75, 3.05) is 47.5 Å². The Kier molecular flexibility index (Phi) is 55.0. The fourth-order valence-corrected chi connectivity index (χ4v) is 8.73. The van der Waals surface area contributed by atoms with E-state index in [-0.39, 0.29) is 26.1 Å². The van der Waals surface area contributed by atoms with Gasteiger partial charge in [-0.3, -0.25) is 14.2 Å². The zero-order valence-electron chi connectivity index (χ0n) is 50.3. The monoisotopic (exact) mass is 1100 g/mol. The molecule has 0 aromatic heterocycles. The van der Waals surface area contributed by atoms with Crippen LogP contribution in [0, 0.1) is 0 Å². The smallest absolute Gasteiger partial charge is 0.306 e. The highest BCUT2D eigenvalue weighted by Gasteiger charge is 2.21. The zero-order chi connectivity index (χ0) is 57.0. The maximum absolute atomic E-state index is 12.8. The summed E-state index contributed by atoms with van der Waals surface area (Å²) in [6.07, 6.45) is 84.1. The predicted molar refractivity (Wildman–Crippen MR) is 332 cm³/mol. The second kappa shape index (κ2) is 57.8. The van der Waals surface area contributed by atoms with E-state index in [1.807, 2.05) is 33.3 Å². The summed E-state index contributed by atoms with van der Waals surface area (Å²) < 4.78 is 34.0. The number of unbranched alkanes of at least 4 members (excludes halogenated alkanes) is 19. The Balaban J connectivity index is 3.98. The summed E-state index contributed by atoms with van der Waals surface area (Å²) in [5.74, 6) is -0.931. The molecule has 0 saturated carbocycles. The molecule has 0 spiro atoms. The van der Waals surface area contributed by atoms with Gasteiger partial charge in [0.1, 0.15) is 19.8 Å². The number of hydrogen-bond acceptors (Lipinski definition) is 8. The van der Waals surface area contributed by atoms with Gasteiger partial charge in [-0.15, -0.1) is 0 Å². The Bertz CT molecular complexity index is 1780. The van der Waals surface area contributed by atoms with Gasteiger partial charge in [0.15, 0.2) is 6.10 Å². The molecule has 9 nitrogen and oxygen atoms in total. The van der Waals surface area contributed by atoms with Crippen LogP contribution >= 0.6 is 7.82 Å². The number of nitrogens with zero attached hydrogens (tertiary/aromatic N) is 1. The molecule has 0 fully saturated rings. The van der Waals surface area contributed by atoms with E-state index in [9.17, 15) is 19.0 Å². The van der Waals surface area contributed by atoms with Crippen LogP contribution in [0.15, 0.2) is 134 Å². The third-order valence-electron chi connectivity index (χ3n) is 12.7. The summed E-state index contributed by atoms with van der Waals surface area (Å²) in [6, 6.07) is 0. The number of ether oxygens (including phenoxy) is 2. The molecule has 0 bridgehead atoms. The maximum atomic E-state index is 12.8.